The summed E-state index contributed by atoms with van der Waals surface area (Å²) >= 11 is 11.1. The standard InChI is InChI=1S/C6H7Cl2N3O/c1-12-3-2-4-9-5(7)11-6(8)10-4/h2-3H2,1H3. The predicted molar refractivity (Wildman–Crippen MR) is 45.4 cm³/mol. The Hall–Kier alpha value is -0.450. The topological polar surface area (TPSA) is 47.9 Å². The van der Waals surface area contributed by atoms with E-state index in [4.69, 9.17) is 27.9 Å². The van der Waals surface area contributed by atoms with Gasteiger partial charge in [0.15, 0.2) is 0 Å². The third-order valence-electron chi connectivity index (χ3n) is 1.16. The lowest BCUT2D eigenvalue weighted by Gasteiger charge is -1.98. The summed E-state index contributed by atoms with van der Waals surface area (Å²) < 4.78 is 4.84. The molecule has 0 N–H and O–H groups in total. The van der Waals surface area contributed by atoms with Crippen LogP contribution in [-0.4, -0.2) is 28.7 Å². The van der Waals surface area contributed by atoms with Crippen molar-refractivity contribution in [2.45, 2.75) is 6.42 Å². The Labute approximate surface area is 79.9 Å². The summed E-state index contributed by atoms with van der Waals surface area (Å²) in [7, 11) is 1.60. The molecule has 4 nitrogen and oxygen atoms in total. The summed E-state index contributed by atoms with van der Waals surface area (Å²) in [6, 6.07) is 0. The first-order valence-electron chi connectivity index (χ1n) is 3.27. The molecule has 1 heterocycles. The SMILES string of the molecule is COCCc1nc(Cl)nc(Cl)n1. The van der Waals surface area contributed by atoms with Crippen LogP contribution in [0.25, 0.3) is 0 Å². The highest BCUT2D eigenvalue weighted by atomic mass is 35.5. The van der Waals surface area contributed by atoms with Crippen molar-refractivity contribution >= 4 is 23.2 Å². The van der Waals surface area contributed by atoms with Crippen LogP contribution < -0.4 is 0 Å². The van der Waals surface area contributed by atoms with Crippen LogP contribution in [0.15, 0.2) is 0 Å². The first kappa shape index (κ1) is 9.64. The predicted octanol–water partition coefficient (Wildman–Crippen LogP) is 1.37. The highest BCUT2D eigenvalue weighted by molar-refractivity contribution is 6.30. The van der Waals surface area contributed by atoms with Gasteiger partial charge in [0.05, 0.1) is 6.61 Å². The molecule has 0 atom stereocenters. The molecule has 0 aromatic carbocycles. The number of hydrogen-bond acceptors (Lipinski definition) is 4. The molecule has 0 aliphatic carbocycles. The minimum absolute atomic E-state index is 0.112. The molecular weight excluding hydrogens is 201 g/mol. The molecule has 1 aromatic heterocycles. The minimum atomic E-state index is 0.112. The van der Waals surface area contributed by atoms with Crippen molar-refractivity contribution in [3.8, 4) is 0 Å². The van der Waals surface area contributed by atoms with Gasteiger partial charge < -0.3 is 4.74 Å². The average Bonchev–Trinajstić information content (AvgIpc) is 1.99. The monoisotopic (exact) mass is 207 g/mol. The van der Waals surface area contributed by atoms with E-state index in [2.05, 4.69) is 15.0 Å². The zero-order valence-electron chi connectivity index (χ0n) is 6.42. The van der Waals surface area contributed by atoms with Crippen LogP contribution in [-0.2, 0) is 11.2 Å². The molecule has 0 saturated heterocycles. The van der Waals surface area contributed by atoms with Gasteiger partial charge in [-0.2, -0.15) is 4.98 Å². The summed E-state index contributed by atoms with van der Waals surface area (Å²) in [6.45, 7) is 0.538. The van der Waals surface area contributed by atoms with E-state index < -0.39 is 0 Å². The Kier molecular flexibility index (Phi) is 3.65. The second kappa shape index (κ2) is 4.54. The van der Waals surface area contributed by atoms with Gasteiger partial charge in [0.2, 0.25) is 10.6 Å². The second-order valence-electron chi connectivity index (χ2n) is 2.03. The van der Waals surface area contributed by atoms with Gasteiger partial charge in [-0.25, -0.2) is 9.97 Å². The number of ether oxygens (including phenoxy) is 1. The molecule has 1 rings (SSSR count). The van der Waals surface area contributed by atoms with E-state index in [1.54, 1.807) is 7.11 Å². The lowest BCUT2D eigenvalue weighted by Crippen LogP contribution is -2.02. The lowest BCUT2D eigenvalue weighted by molar-refractivity contribution is 0.200. The van der Waals surface area contributed by atoms with Crippen molar-refractivity contribution in [1.82, 2.24) is 15.0 Å². The fourth-order valence-corrected chi connectivity index (χ4v) is 1.07. The molecule has 0 aliphatic rings. The number of halogens is 2. The van der Waals surface area contributed by atoms with Crippen molar-refractivity contribution < 1.29 is 4.74 Å². The molecule has 0 saturated carbocycles. The number of aromatic nitrogens is 3. The molecule has 6 heteroatoms. The molecular formula is C6H7Cl2N3O. The van der Waals surface area contributed by atoms with Crippen molar-refractivity contribution in [2.24, 2.45) is 0 Å². The largest absolute Gasteiger partial charge is 0.384 e. The lowest BCUT2D eigenvalue weighted by atomic mass is 10.4. The Morgan fingerprint density at radius 2 is 1.75 bits per heavy atom. The quantitative estimate of drug-likeness (QED) is 0.752. The van der Waals surface area contributed by atoms with E-state index in [1.807, 2.05) is 0 Å². The minimum Gasteiger partial charge on any atom is -0.384 e. The zero-order valence-corrected chi connectivity index (χ0v) is 7.93. The maximum Gasteiger partial charge on any atom is 0.226 e. The third-order valence-corrected chi connectivity index (χ3v) is 1.49. The molecule has 0 bridgehead atoms. The fourth-order valence-electron chi connectivity index (χ4n) is 0.669. The van der Waals surface area contributed by atoms with Crippen molar-refractivity contribution in [3.63, 3.8) is 0 Å². The van der Waals surface area contributed by atoms with Crippen molar-refractivity contribution in [2.75, 3.05) is 13.7 Å². The van der Waals surface area contributed by atoms with Crippen LogP contribution in [0.4, 0.5) is 0 Å². The van der Waals surface area contributed by atoms with Crippen LogP contribution in [0, 0.1) is 0 Å². The van der Waals surface area contributed by atoms with E-state index in [1.165, 1.54) is 0 Å². The third kappa shape index (κ3) is 2.89. The smallest absolute Gasteiger partial charge is 0.226 e. The molecule has 0 unspecified atom stereocenters. The van der Waals surface area contributed by atoms with Gasteiger partial charge >= 0.3 is 0 Å². The van der Waals surface area contributed by atoms with Gasteiger partial charge in [0.1, 0.15) is 5.82 Å². The highest BCUT2D eigenvalue weighted by Crippen LogP contribution is 2.06. The summed E-state index contributed by atoms with van der Waals surface area (Å²) in [5.74, 6) is 0.543. The van der Waals surface area contributed by atoms with Gasteiger partial charge in [-0.05, 0) is 23.2 Å². The van der Waals surface area contributed by atoms with E-state index >= 15 is 0 Å². The first-order valence-corrected chi connectivity index (χ1v) is 4.03. The summed E-state index contributed by atoms with van der Waals surface area (Å²) in [4.78, 5) is 11.3. The van der Waals surface area contributed by atoms with E-state index in [0.717, 1.165) is 0 Å². The molecule has 0 amide bonds. The highest BCUT2D eigenvalue weighted by Gasteiger charge is 2.01. The van der Waals surface area contributed by atoms with E-state index in [0.29, 0.717) is 18.9 Å². The molecule has 12 heavy (non-hydrogen) atoms. The molecule has 0 fully saturated rings. The normalized spacial score (nSPS) is 10.2. The fraction of sp³-hybridized carbons (Fsp3) is 0.500. The maximum atomic E-state index is 5.54. The van der Waals surface area contributed by atoms with Gasteiger partial charge in [0.25, 0.3) is 0 Å². The molecule has 0 spiro atoms. The summed E-state index contributed by atoms with van der Waals surface area (Å²) in [5, 5.41) is 0.224. The Morgan fingerprint density at radius 1 is 1.17 bits per heavy atom. The van der Waals surface area contributed by atoms with Gasteiger partial charge in [-0.1, -0.05) is 0 Å². The van der Waals surface area contributed by atoms with Gasteiger partial charge in [-0.3, -0.25) is 0 Å². The Morgan fingerprint density at radius 3 is 2.25 bits per heavy atom. The number of rotatable bonds is 3. The van der Waals surface area contributed by atoms with Crippen molar-refractivity contribution in [1.29, 1.82) is 0 Å². The molecule has 1 aromatic rings. The Balaban J connectivity index is 2.72. The number of methoxy groups -OCH3 is 1. The van der Waals surface area contributed by atoms with Crippen LogP contribution in [0.5, 0.6) is 0 Å². The van der Waals surface area contributed by atoms with E-state index in [-0.39, 0.29) is 10.6 Å². The molecule has 0 radical (unpaired) electrons. The maximum absolute atomic E-state index is 5.54. The van der Waals surface area contributed by atoms with Gasteiger partial charge in [0, 0.05) is 13.5 Å². The second-order valence-corrected chi connectivity index (χ2v) is 2.71. The van der Waals surface area contributed by atoms with Crippen LogP contribution >= 0.6 is 23.2 Å². The summed E-state index contributed by atoms with van der Waals surface area (Å²) in [6.07, 6.45) is 0.582. The van der Waals surface area contributed by atoms with Crippen molar-refractivity contribution in [3.05, 3.63) is 16.4 Å². The molecule has 66 valence electrons. The van der Waals surface area contributed by atoms with Crippen LogP contribution in [0.3, 0.4) is 0 Å². The van der Waals surface area contributed by atoms with Crippen LogP contribution in [0.1, 0.15) is 5.82 Å². The molecule has 0 aliphatic heterocycles. The van der Waals surface area contributed by atoms with Gasteiger partial charge in [-0.15, -0.1) is 0 Å². The zero-order chi connectivity index (χ0) is 8.97. The van der Waals surface area contributed by atoms with E-state index in [9.17, 15) is 0 Å². The number of nitrogens with zero attached hydrogens (tertiary/aromatic N) is 3. The average molecular weight is 208 g/mol. The number of hydrogen-bond donors (Lipinski definition) is 0. The van der Waals surface area contributed by atoms with Crippen LogP contribution in [0.2, 0.25) is 10.6 Å². The first-order chi connectivity index (χ1) is 5.72. The Bertz CT molecular complexity index is 249. The summed E-state index contributed by atoms with van der Waals surface area (Å²) in [5.41, 5.74) is 0.